The van der Waals surface area contributed by atoms with Gasteiger partial charge in [0.2, 0.25) is 0 Å². The van der Waals surface area contributed by atoms with Crippen molar-refractivity contribution in [2.24, 2.45) is 0 Å². The summed E-state index contributed by atoms with van der Waals surface area (Å²) in [6, 6.07) is 0. The van der Waals surface area contributed by atoms with Crippen LogP contribution in [0, 0.1) is 0 Å². The molecule has 0 N–H and O–H groups in total. The Labute approximate surface area is 107 Å². The van der Waals surface area contributed by atoms with Crippen molar-refractivity contribution in [3.8, 4) is 0 Å². The average molecular weight is 304 g/mol. The Hall–Kier alpha value is -1.29. The van der Waals surface area contributed by atoms with E-state index in [4.69, 9.17) is 4.74 Å². The standard InChI is InChI=1S/C9H11F3O6S/c1-2-16-8(13)7-4-3-6(5-17-7)18-19(14,15)9(10,11)12/h3,7H,2,4-5H2,1H3. The molecule has 0 radical (unpaired) electrons. The van der Waals surface area contributed by atoms with E-state index in [0.29, 0.717) is 0 Å². The lowest BCUT2D eigenvalue weighted by Crippen LogP contribution is -2.32. The van der Waals surface area contributed by atoms with Crippen molar-refractivity contribution >= 4 is 16.1 Å². The van der Waals surface area contributed by atoms with Crippen molar-refractivity contribution in [3.05, 3.63) is 11.8 Å². The Morgan fingerprint density at radius 1 is 1.53 bits per heavy atom. The van der Waals surface area contributed by atoms with Crippen LogP contribution in [0.4, 0.5) is 13.2 Å². The fourth-order valence-electron chi connectivity index (χ4n) is 1.19. The second kappa shape index (κ2) is 5.78. The molecular weight excluding hydrogens is 293 g/mol. The van der Waals surface area contributed by atoms with E-state index in [0.717, 1.165) is 6.08 Å². The zero-order valence-corrected chi connectivity index (χ0v) is 10.6. The van der Waals surface area contributed by atoms with Crippen LogP contribution in [-0.2, 0) is 28.6 Å². The van der Waals surface area contributed by atoms with Crippen LogP contribution in [0.1, 0.15) is 13.3 Å². The maximum Gasteiger partial charge on any atom is 0.534 e. The zero-order valence-electron chi connectivity index (χ0n) is 9.77. The largest absolute Gasteiger partial charge is 0.534 e. The molecule has 1 aliphatic heterocycles. The van der Waals surface area contributed by atoms with Crippen molar-refractivity contribution in [1.82, 2.24) is 0 Å². The molecule has 0 aromatic carbocycles. The summed E-state index contributed by atoms with van der Waals surface area (Å²) in [7, 11) is -5.71. The number of halogens is 3. The Bertz CT molecular complexity index is 467. The van der Waals surface area contributed by atoms with E-state index in [-0.39, 0.29) is 13.0 Å². The third-order valence-corrected chi connectivity index (χ3v) is 3.04. The van der Waals surface area contributed by atoms with Crippen molar-refractivity contribution in [1.29, 1.82) is 0 Å². The van der Waals surface area contributed by atoms with E-state index in [2.05, 4.69) is 8.92 Å². The maximum absolute atomic E-state index is 12.0. The van der Waals surface area contributed by atoms with Crippen LogP contribution in [0.15, 0.2) is 11.8 Å². The molecule has 0 aromatic heterocycles. The van der Waals surface area contributed by atoms with E-state index < -0.39 is 40.1 Å². The van der Waals surface area contributed by atoms with Gasteiger partial charge in [0.05, 0.1) is 6.61 Å². The highest BCUT2D eigenvalue weighted by atomic mass is 32.2. The highest BCUT2D eigenvalue weighted by molar-refractivity contribution is 7.87. The van der Waals surface area contributed by atoms with Gasteiger partial charge in [0, 0.05) is 6.42 Å². The molecule has 0 saturated carbocycles. The molecule has 0 spiro atoms. The second-order valence-electron chi connectivity index (χ2n) is 3.44. The van der Waals surface area contributed by atoms with E-state index in [1.54, 1.807) is 6.92 Å². The molecule has 19 heavy (non-hydrogen) atoms. The van der Waals surface area contributed by atoms with Gasteiger partial charge in [-0.15, -0.1) is 0 Å². The Morgan fingerprint density at radius 3 is 2.58 bits per heavy atom. The first-order chi connectivity index (χ1) is 8.67. The van der Waals surface area contributed by atoms with Gasteiger partial charge in [-0.05, 0) is 13.0 Å². The third-order valence-electron chi connectivity index (χ3n) is 2.04. The topological polar surface area (TPSA) is 78.9 Å². The van der Waals surface area contributed by atoms with Gasteiger partial charge in [0.15, 0.2) is 6.10 Å². The SMILES string of the molecule is CCOC(=O)C1CC=C(OS(=O)(=O)C(F)(F)F)CO1. The van der Waals surface area contributed by atoms with Gasteiger partial charge in [-0.3, -0.25) is 0 Å². The molecule has 10 heteroatoms. The minimum absolute atomic E-state index is 0.123. The van der Waals surface area contributed by atoms with Crippen molar-refractivity contribution in [3.63, 3.8) is 0 Å². The number of esters is 1. The molecule has 0 saturated heterocycles. The molecule has 1 heterocycles. The normalized spacial score (nSPS) is 20.6. The monoisotopic (exact) mass is 304 g/mol. The summed E-state index contributed by atoms with van der Waals surface area (Å²) in [6.45, 7) is 1.16. The molecule has 0 bridgehead atoms. The van der Waals surface area contributed by atoms with Crippen LogP contribution in [0.25, 0.3) is 0 Å². The highest BCUT2D eigenvalue weighted by Gasteiger charge is 2.49. The molecule has 1 rings (SSSR count). The van der Waals surface area contributed by atoms with Gasteiger partial charge < -0.3 is 13.7 Å². The van der Waals surface area contributed by atoms with Gasteiger partial charge in [-0.25, -0.2) is 4.79 Å². The first-order valence-electron chi connectivity index (χ1n) is 5.15. The van der Waals surface area contributed by atoms with Crippen molar-refractivity contribution in [2.75, 3.05) is 13.2 Å². The van der Waals surface area contributed by atoms with Crippen molar-refractivity contribution in [2.45, 2.75) is 25.0 Å². The fraction of sp³-hybridized carbons (Fsp3) is 0.667. The summed E-state index contributed by atoms with van der Waals surface area (Å²) in [6.07, 6.45) is -0.0449. The summed E-state index contributed by atoms with van der Waals surface area (Å²) in [5.74, 6) is -1.19. The number of carbonyl (C=O) groups excluding carboxylic acids is 1. The highest BCUT2D eigenvalue weighted by Crippen LogP contribution is 2.28. The average Bonchev–Trinajstić information content (AvgIpc) is 2.28. The molecule has 1 aliphatic rings. The lowest BCUT2D eigenvalue weighted by molar-refractivity contribution is -0.157. The summed E-state index contributed by atoms with van der Waals surface area (Å²) < 4.78 is 70.9. The molecule has 1 atom stereocenters. The van der Waals surface area contributed by atoms with Crippen LogP contribution < -0.4 is 0 Å². The number of alkyl halides is 3. The van der Waals surface area contributed by atoms with Gasteiger partial charge in [-0.2, -0.15) is 21.6 Å². The fourth-order valence-corrected chi connectivity index (χ4v) is 1.69. The van der Waals surface area contributed by atoms with Crippen molar-refractivity contribution < 1.29 is 40.0 Å². The lowest BCUT2D eigenvalue weighted by atomic mass is 10.2. The van der Waals surface area contributed by atoms with E-state index in [9.17, 15) is 26.4 Å². The quantitative estimate of drug-likeness (QED) is 0.439. The smallest absolute Gasteiger partial charge is 0.464 e. The van der Waals surface area contributed by atoms with Gasteiger partial charge in [0.1, 0.15) is 12.4 Å². The van der Waals surface area contributed by atoms with Gasteiger partial charge in [0.25, 0.3) is 0 Å². The molecule has 6 nitrogen and oxygen atoms in total. The molecule has 1 unspecified atom stereocenters. The minimum Gasteiger partial charge on any atom is -0.464 e. The van der Waals surface area contributed by atoms with Gasteiger partial charge >= 0.3 is 21.6 Å². The summed E-state index contributed by atoms with van der Waals surface area (Å²) in [5, 5.41) is 0. The summed E-state index contributed by atoms with van der Waals surface area (Å²) >= 11 is 0. The predicted molar refractivity (Wildman–Crippen MR) is 55.1 cm³/mol. The number of ether oxygens (including phenoxy) is 2. The Morgan fingerprint density at radius 2 is 2.16 bits per heavy atom. The number of rotatable bonds is 4. The number of hydrogen-bond acceptors (Lipinski definition) is 6. The molecule has 110 valence electrons. The van der Waals surface area contributed by atoms with Gasteiger partial charge in [-0.1, -0.05) is 0 Å². The lowest BCUT2D eigenvalue weighted by Gasteiger charge is -2.21. The van der Waals surface area contributed by atoms with Crippen LogP contribution in [-0.4, -0.2) is 39.2 Å². The number of carbonyl (C=O) groups is 1. The van der Waals surface area contributed by atoms with Crippen LogP contribution >= 0.6 is 0 Å². The first kappa shape index (κ1) is 15.8. The van der Waals surface area contributed by atoms with Crippen LogP contribution in [0.2, 0.25) is 0 Å². The Kier molecular flexibility index (Phi) is 4.80. The van der Waals surface area contributed by atoms with E-state index in [1.165, 1.54) is 0 Å². The minimum atomic E-state index is -5.71. The molecule has 0 fully saturated rings. The molecule has 0 aromatic rings. The summed E-state index contributed by atoms with van der Waals surface area (Å²) in [5.41, 5.74) is -5.51. The molecule has 0 amide bonds. The van der Waals surface area contributed by atoms with E-state index in [1.807, 2.05) is 0 Å². The first-order valence-corrected chi connectivity index (χ1v) is 6.56. The Balaban J connectivity index is 2.64. The van der Waals surface area contributed by atoms with Crippen LogP contribution in [0.3, 0.4) is 0 Å². The summed E-state index contributed by atoms with van der Waals surface area (Å²) in [4.78, 5) is 11.2. The maximum atomic E-state index is 12.0. The third kappa shape index (κ3) is 4.10. The molecular formula is C9H11F3O6S. The molecule has 0 aliphatic carbocycles. The second-order valence-corrected chi connectivity index (χ2v) is 4.98. The zero-order chi connectivity index (χ0) is 14.7. The van der Waals surface area contributed by atoms with Crippen LogP contribution in [0.5, 0.6) is 0 Å². The predicted octanol–water partition coefficient (Wildman–Crippen LogP) is 1.09. The number of hydrogen-bond donors (Lipinski definition) is 0. The van der Waals surface area contributed by atoms with E-state index >= 15 is 0 Å².